The van der Waals surface area contributed by atoms with Crippen molar-refractivity contribution < 1.29 is 19.1 Å². The highest BCUT2D eigenvalue weighted by Gasteiger charge is 2.40. The van der Waals surface area contributed by atoms with Gasteiger partial charge in [-0.3, -0.25) is 9.59 Å². The van der Waals surface area contributed by atoms with Gasteiger partial charge in [0, 0.05) is 51.3 Å². The highest BCUT2D eigenvalue weighted by atomic mass is 16.5. The summed E-state index contributed by atoms with van der Waals surface area (Å²) in [6.45, 7) is 3.46. The Hall–Kier alpha value is -4.44. The molecule has 2 amide bonds. The van der Waals surface area contributed by atoms with Crippen molar-refractivity contribution in [3.63, 3.8) is 0 Å². The summed E-state index contributed by atoms with van der Waals surface area (Å²) in [5, 5.41) is 6.78. The second-order valence-electron chi connectivity index (χ2n) is 9.81. The van der Waals surface area contributed by atoms with E-state index in [-0.39, 0.29) is 11.8 Å². The van der Waals surface area contributed by atoms with Crippen molar-refractivity contribution in [2.75, 3.05) is 45.7 Å². The normalized spacial score (nSPS) is 14.6. The molecule has 0 radical (unpaired) electrons. The molecule has 3 heterocycles. The van der Waals surface area contributed by atoms with Crippen LogP contribution in [0.1, 0.15) is 35.8 Å². The van der Waals surface area contributed by atoms with Crippen LogP contribution in [0.5, 0.6) is 5.75 Å². The van der Waals surface area contributed by atoms with E-state index in [1.54, 1.807) is 20.3 Å². The van der Waals surface area contributed by atoms with E-state index in [4.69, 9.17) is 19.4 Å². The van der Waals surface area contributed by atoms with E-state index in [0.29, 0.717) is 67.4 Å². The number of ether oxygens (including phenoxy) is 2. The van der Waals surface area contributed by atoms with Crippen molar-refractivity contribution in [1.29, 1.82) is 0 Å². The minimum absolute atomic E-state index is 0.0983. The molecule has 1 fully saturated rings. The number of amides is 2. The number of anilines is 1. The Morgan fingerprint density at radius 3 is 2.42 bits per heavy atom. The lowest BCUT2D eigenvalue weighted by molar-refractivity contribution is -0.118. The van der Waals surface area contributed by atoms with Gasteiger partial charge in [-0.2, -0.15) is 0 Å². The Balaban J connectivity index is 1.39. The number of aromatic nitrogens is 3. The van der Waals surface area contributed by atoms with Gasteiger partial charge in [0.25, 0.3) is 5.91 Å². The summed E-state index contributed by atoms with van der Waals surface area (Å²) < 4.78 is 11.6. The summed E-state index contributed by atoms with van der Waals surface area (Å²) in [6.07, 6.45) is 1.29. The number of benzene rings is 2. The average Bonchev–Trinajstić information content (AvgIpc) is 3.44. The van der Waals surface area contributed by atoms with Crippen LogP contribution in [0.15, 0.2) is 60.7 Å². The van der Waals surface area contributed by atoms with Gasteiger partial charge < -0.3 is 30.0 Å². The second kappa shape index (κ2) is 11.7. The number of aromatic amines is 1. The number of nitrogens with zero attached hydrogens (tertiary/aromatic N) is 3. The number of rotatable bonds is 9. The Kier molecular flexibility index (Phi) is 7.97. The average molecular weight is 543 g/mol. The monoisotopic (exact) mass is 542 g/mol. The number of likely N-dealkylation sites (tertiary alicyclic amines) is 1. The molecule has 0 spiro atoms. The molecule has 0 aliphatic carbocycles. The van der Waals surface area contributed by atoms with Gasteiger partial charge in [-0.05, 0) is 25.0 Å². The molecule has 2 aromatic carbocycles. The summed E-state index contributed by atoms with van der Waals surface area (Å²) in [5.74, 6) is 1.71. The first-order valence-electron chi connectivity index (χ1n) is 13.4. The Bertz CT molecular complexity index is 1490. The number of methoxy groups -OCH3 is 2. The summed E-state index contributed by atoms with van der Waals surface area (Å²) in [4.78, 5) is 39.5. The van der Waals surface area contributed by atoms with Crippen molar-refractivity contribution in [2.24, 2.45) is 0 Å². The molecular formula is C30H34N6O4. The van der Waals surface area contributed by atoms with E-state index in [1.165, 1.54) is 6.92 Å². The molecule has 5 rings (SSSR count). The molecular weight excluding hydrogens is 508 g/mol. The van der Waals surface area contributed by atoms with Crippen LogP contribution in [-0.4, -0.2) is 72.1 Å². The number of piperidine rings is 1. The number of nitrogens with one attached hydrogen (secondary N) is 3. The van der Waals surface area contributed by atoms with Crippen molar-refractivity contribution in [2.45, 2.75) is 25.4 Å². The van der Waals surface area contributed by atoms with E-state index in [2.05, 4.69) is 15.6 Å². The highest BCUT2D eigenvalue weighted by Crippen LogP contribution is 2.41. The minimum atomic E-state index is -0.523. The third kappa shape index (κ3) is 5.48. The van der Waals surface area contributed by atoms with Crippen molar-refractivity contribution in [1.82, 2.24) is 25.2 Å². The smallest absolute Gasteiger partial charge is 0.270 e. The molecule has 0 unspecified atom stereocenters. The minimum Gasteiger partial charge on any atom is -0.496 e. The van der Waals surface area contributed by atoms with Crippen LogP contribution < -0.4 is 15.4 Å². The molecule has 0 saturated carbocycles. The van der Waals surface area contributed by atoms with E-state index in [0.717, 1.165) is 16.9 Å². The molecule has 208 valence electrons. The fourth-order valence-electron chi connectivity index (χ4n) is 5.24. The quantitative estimate of drug-likeness (QED) is 0.274. The number of H-pyrrole nitrogens is 1. The van der Waals surface area contributed by atoms with Gasteiger partial charge in [0.15, 0.2) is 5.82 Å². The molecule has 4 aromatic rings. The maximum atomic E-state index is 13.6. The number of carbonyl (C=O) groups is 2. The van der Waals surface area contributed by atoms with Crippen LogP contribution in [0, 0.1) is 0 Å². The largest absolute Gasteiger partial charge is 0.496 e. The standard InChI is InChI=1S/C30H34N6O4/c1-20(37)31-15-16-32-27-22-19-24(33-28(22)35-26(34-27)21-9-5-4-6-10-21)29(38)36-17-13-30(40-3,14-18-36)23-11-7-8-12-25(23)39-2/h4-12,19H,13-18H2,1-3H3,(H,31,37)(H2,32,33,34,35). The summed E-state index contributed by atoms with van der Waals surface area (Å²) in [7, 11) is 3.37. The van der Waals surface area contributed by atoms with Gasteiger partial charge in [0.2, 0.25) is 5.91 Å². The lowest BCUT2D eigenvalue weighted by Crippen LogP contribution is -2.46. The zero-order valence-electron chi connectivity index (χ0n) is 23.0. The highest BCUT2D eigenvalue weighted by molar-refractivity contribution is 6.00. The molecule has 1 saturated heterocycles. The number of fused-ring (bicyclic) bond motifs is 1. The fraction of sp³-hybridized carbons (Fsp3) is 0.333. The van der Waals surface area contributed by atoms with Crippen LogP contribution in [-0.2, 0) is 15.1 Å². The van der Waals surface area contributed by atoms with Crippen LogP contribution in [0.3, 0.4) is 0 Å². The zero-order valence-corrected chi connectivity index (χ0v) is 23.0. The van der Waals surface area contributed by atoms with Crippen molar-refractivity contribution in [3.8, 4) is 17.1 Å². The van der Waals surface area contributed by atoms with Crippen LogP contribution in [0.25, 0.3) is 22.4 Å². The van der Waals surface area contributed by atoms with Gasteiger partial charge in [-0.15, -0.1) is 0 Å². The molecule has 1 aliphatic heterocycles. The maximum absolute atomic E-state index is 13.6. The molecule has 0 bridgehead atoms. The molecule has 0 atom stereocenters. The lowest BCUT2D eigenvalue weighted by atomic mass is 9.83. The first kappa shape index (κ1) is 27.1. The topological polar surface area (TPSA) is 121 Å². The Morgan fingerprint density at radius 1 is 1.00 bits per heavy atom. The van der Waals surface area contributed by atoms with Gasteiger partial charge in [0.05, 0.1) is 18.1 Å². The Morgan fingerprint density at radius 2 is 1.73 bits per heavy atom. The Labute approximate surface area is 233 Å². The summed E-state index contributed by atoms with van der Waals surface area (Å²) >= 11 is 0. The van der Waals surface area contributed by atoms with Gasteiger partial charge in [0.1, 0.15) is 22.9 Å². The third-order valence-corrected chi connectivity index (χ3v) is 7.39. The second-order valence-corrected chi connectivity index (χ2v) is 9.81. The van der Waals surface area contributed by atoms with Crippen molar-refractivity contribution >= 4 is 28.7 Å². The fourth-order valence-corrected chi connectivity index (χ4v) is 5.24. The van der Waals surface area contributed by atoms with E-state index >= 15 is 0 Å². The predicted molar refractivity (Wildman–Crippen MR) is 153 cm³/mol. The molecule has 2 aromatic heterocycles. The number of hydrogen-bond acceptors (Lipinski definition) is 7. The lowest BCUT2D eigenvalue weighted by Gasteiger charge is -2.41. The molecule has 10 heteroatoms. The van der Waals surface area contributed by atoms with Gasteiger partial charge >= 0.3 is 0 Å². The molecule has 3 N–H and O–H groups in total. The SMILES string of the molecule is COc1ccccc1C1(OC)CCN(C(=O)c2cc3c(NCCNC(C)=O)nc(-c4ccccc4)nc3[nH]2)CC1. The van der Waals surface area contributed by atoms with E-state index in [1.807, 2.05) is 59.5 Å². The van der Waals surface area contributed by atoms with Crippen LogP contribution in [0.4, 0.5) is 5.82 Å². The van der Waals surface area contributed by atoms with E-state index < -0.39 is 5.60 Å². The molecule has 1 aliphatic rings. The number of hydrogen-bond donors (Lipinski definition) is 3. The third-order valence-electron chi connectivity index (χ3n) is 7.39. The predicted octanol–water partition coefficient (Wildman–Crippen LogP) is 3.96. The number of carbonyl (C=O) groups excluding carboxylic acids is 2. The summed E-state index contributed by atoms with van der Waals surface area (Å²) in [5.41, 5.74) is 2.35. The van der Waals surface area contributed by atoms with Crippen LogP contribution >= 0.6 is 0 Å². The molecule has 40 heavy (non-hydrogen) atoms. The first-order valence-corrected chi connectivity index (χ1v) is 13.4. The first-order chi connectivity index (χ1) is 19.4. The van der Waals surface area contributed by atoms with Crippen LogP contribution in [0.2, 0.25) is 0 Å². The van der Waals surface area contributed by atoms with E-state index in [9.17, 15) is 9.59 Å². The zero-order chi connectivity index (χ0) is 28.1. The number of para-hydroxylation sites is 1. The van der Waals surface area contributed by atoms with Gasteiger partial charge in [-0.25, -0.2) is 9.97 Å². The maximum Gasteiger partial charge on any atom is 0.270 e. The van der Waals surface area contributed by atoms with Crippen molar-refractivity contribution in [3.05, 3.63) is 71.9 Å². The molecule has 10 nitrogen and oxygen atoms in total. The van der Waals surface area contributed by atoms with Gasteiger partial charge in [-0.1, -0.05) is 48.5 Å². The summed E-state index contributed by atoms with van der Waals surface area (Å²) in [6, 6.07) is 19.4.